The summed E-state index contributed by atoms with van der Waals surface area (Å²) in [5.41, 5.74) is 3.96. The summed E-state index contributed by atoms with van der Waals surface area (Å²) in [5.74, 6) is 0.142. The van der Waals surface area contributed by atoms with E-state index in [1.165, 1.54) is 24.9 Å². The molecule has 2 heterocycles. The molecule has 1 unspecified atom stereocenters. The molecule has 1 aliphatic rings. The van der Waals surface area contributed by atoms with E-state index in [4.69, 9.17) is 0 Å². The third-order valence-electron chi connectivity index (χ3n) is 4.67. The maximum absolute atomic E-state index is 10.4. The molecule has 1 aromatic heterocycles. The summed E-state index contributed by atoms with van der Waals surface area (Å²) < 4.78 is 2.27. The third-order valence-corrected chi connectivity index (χ3v) is 4.67. The van der Waals surface area contributed by atoms with Crippen molar-refractivity contribution in [2.45, 2.75) is 31.8 Å². The zero-order valence-electron chi connectivity index (χ0n) is 13.9. The zero-order chi connectivity index (χ0) is 17.1. The molecule has 0 spiro atoms. The van der Waals surface area contributed by atoms with Gasteiger partial charge < -0.3 is 14.8 Å². The lowest BCUT2D eigenvalue weighted by atomic mass is 10.1. The van der Waals surface area contributed by atoms with Crippen LogP contribution in [0.3, 0.4) is 0 Å². The Hall–Kier alpha value is -2.54. The van der Waals surface area contributed by atoms with Gasteiger partial charge in [0.1, 0.15) is 0 Å². The van der Waals surface area contributed by atoms with Gasteiger partial charge in [0.25, 0.3) is 0 Å². The first kappa shape index (κ1) is 16.3. The molecule has 1 fully saturated rings. The molecule has 0 radical (unpaired) electrons. The van der Waals surface area contributed by atoms with Crippen molar-refractivity contribution in [1.82, 2.24) is 14.9 Å². The van der Waals surface area contributed by atoms with E-state index in [2.05, 4.69) is 40.7 Å². The minimum atomic E-state index is -0.635. The predicted octanol–water partition coefficient (Wildman–Crippen LogP) is 2.79. The fraction of sp³-hybridized carbons (Fsp3) is 0.412. The third kappa shape index (κ3) is 3.68. The van der Waals surface area contributed by atoms with E-state index in [0.717, 1.165) is 24.0 Å². The maximum Gasteiger partial charge on any atom is 0.163 e. The van der Waals surface area contributed by atoms with Crippen LogP contribution in [0.15, 0.2) is 42.9 Å². The minimum Gasteiger partial charge on any atom is -0.347 e. The lowest BCUT2D eigenvalue weighted by Crippen LogP contribution is -2.25. The lowest BCUT2D eigenvalue weighted by Gasteiger charge is -2.19. The predicted molar refractivity (Wildman–Crippen MR) is 95.1 cm³/mol. The number of anilines is 1. The van der Waals surface area contributed by atoms with Gasteiger partial charge in [-0.05, 0) is 57.1 Å². The van der Waals surface area contributed by atoms with Crippen molar-refractivity contribution < 1.29 is 5.03 Å². The van der Waals surface area contributed by atoms with Crippen LogP contribution in [-0.4, -0.2) is 34.1 Å². The highest BCUT2D eigenvalue weighted by Gasteiger charge is 2.20. The second-order valence-electron chi connectivity index (χ2n) is 6.32. The Kier molecular flexibility index (Phi) is 4.71. The quantitative estimate of drug-likeness (QED) is 0.603. The SMILES string of the molecule is C=C(Nc1ccc2c(ccn2CCC2CCCN2C)c1)N[N+](=O)[O-]. The Morgan fingerprint density at radius 3 is 3.00 bits per heavy atom. The number of likely N-dealkylation sites (tertiary alicyclic amines) is 1. The number of nitrogens with zero attached hydrogens (tertiary/aromatic N) is 3. The average Bonchev–Trinajstić information content (AvgIpc) is 3.10. The van der Waals surface area contributed by atoms with Crippen molar-refractivity contribution in [2.24, 2.45) is 0 Å². The summed E-state index contributed by atoms with van der Waals surface area (Å²) in [5, 5.41) is 13.8. The fourth-order valence-electron chi connectivity index (χ4n) is 3.42. The van der Waals surface area contributed by atoms with Crippen molar-refractivity contribution in [3.05, 3.63) is 53.0 Å². The Labute approximate surface area is 141 Å². The number of fused-ring (bicyclic) bond motifs is 1. The number of hydrogen-bond donors (Lipinski definition) is 2. The van der Waals surface area contributed by atoms with Crippen LogP contribution in [0.25, 0.3) is 10.9 Å². The van der Waals surface area contributed by atoms with Gasteiger partial charge in [0, 0.05) is 35.4 Å². The van der Waals surface area contributed by atoms with E-state index < -0.39 is 5.03 Å². The molecule has 0 saturated carbocycles. The first-order valence-corrected chi connectivity index (χ1v) is 8.19. The van der Waals surface area contributed by atoms with Crippen LogP contribution in [0.2, 0.25) is 0 Å². The van der Waals surface area contributed by atoms with Gasteiger partial charge >= 0.3 is 0 Å². The van der Waals surface area contributed by atoms with E-state index in [9.17, 15) is 10.1 Å². The zero-order valence-corrected chi connectivity index (χ0v) is 13.9. The maximum atomic E-state index is 10.4. The lowest BCUT2D eigenvalue weighted by molar-refractivity contribution is -0.535. The Morgan fingerprint density at radius 2 is 2.29 bits per heavy atom. The van der Waals surface area contributed by atoms with Crippen LogP contribution in [0.1, 0.15) is 19.3 Å². The first-order chi connectivity index (χ1) is 11.5. The van der Waals surface area contributed by atoms with Crippen LogP contribution in [0, 0.1) is 10.1 Å². The van der Waals surface area contributed by atoms with Gasteiger partial charge in [-0.2, -0.15) is 0 Å². The number of aryl methyl sites for hydroxylation is 1. The minimum absolute atomic E-state index is 0.142. The summed E-state index contributed by atoms with van der Waals surface area (Å²) in [4.78, 5) is 12.9. The topological polar surface area (TPSA) is 75.4 Å². The van der Waals surface area contributed by atoms with E-state index in [1.54, 1.807) is 0 Å². The average molecular weight is 329 g/mol. The van der Waals surface area contributed by atoms with Gasteiger partial charge in [0.2, 0.25) is 0 Å². The second-order valence-corrected chi connectivity index (χ2v) is 6.32. The van der Waals surface area contributed by atoms with Crippen LogP contribution < -0.4 is 10.7 Å². The fourth-order valence-corrected chi connectivity index (χ4v) is 3.42. The molecule has 128 valence electrons. The summed E-state index contributed by atoms with van der Waals surface area (Å²) >= 11 is 0. The van der Waals surface area contributed by atoms with Crippen LogP contribution in [-0.2, 0) is 6.54 Å². The molecule has 0 aliphatic carbocycles. The van der Waals surface area contributed by atoms with Gasteiger partial charge in [-0.1, -0.05) is 12.0 Å². The van der Waals surface area contributed by atoms with Gasteiger partial charge in [-0.15, -0.1) is 0 Å². The molecular weight excluding hydrogens is 306 g/mol. The van der Waals surface area contributed by atoms with Crippen molar-refractivity contribution >= 4 is 16.6 Å². The molecule has 7 nitrogen and oxygen atoms in total. The van der Waals surface area contributed by atoms with Crippen molar-refractivity contribution in [1.29, 1.82) is 0 Å². The smallest absolute Gasteiger partial charge is 0.163 e. The Morgan fingerprint density at radius 1 is 1.46 bits per heavy atom. The van der Waals surface area contributed by atoms with Crippen molar-refractivity contribution in [2.75, 3.05) is 18.9 Å². The van der Waals surface area contributed by atoms with Crippen LogP contribution >= 0.6 is 0 Å². The normalized spacial score (nSPS) is 18.0. The van der Waals surface area contributed by atoms with E-state index >= 15 is 0 Å². The number of aromatic nitrogens is 1. The number of rotatable bonds is 7. The highest BCUT2D eigenvalue weighted by molar-refractivity contribution is 5.84. The summed E-state index contributed by atoms with van der Waals surface area (Å²) in [6, 6.07) is 8.67. The molecular formula is C17H23N5O2. The molecule has 24 heavy (non-hydrogen) atoms. The molecule has 7 heteroatoms. The first-order valence-electron chi connectivity index (χ1n) is 8.19. The molecule has 3 rings (SSSR count). The molecule has 0 amide bonds. The van der Waals surface area contributed by atoms with Crippen molar-refractivity contribution in [3.8, 4) is 0 Å². The Balaban J connectivity index is 1.66. The second kappa shape index (κ2) is 6.92. The molecule has 2 aromatic rings. The van der Waals surface area contributed by atoms with Gasteiger partial charge in [0.15, 0.2) is 10.9 Å². The standard InChI is InChI=1S/C17H23N5O2/c1-13(19-22(23)24)18-15-5-6-17-14(12-15)7-10-21(17)11-8-16-4-3-9-20(16)2/h5-7,10,12,16,18-19H,1,3-4,8-9,11H2,2H3. The summed E-state index contributed by atoms with van der Waals surface area (Å²) in [7, 11) is 2.20. The molecule has 2 N–H and O–H groups in total. The number of nitrogens with one attached hydrogen (secondary N) is 2. The number of benzene rings is 1. The molecule has 0 bridgehead atoms. The number of hydrazine groups is 1. The van der Waals surface area contributed by atoms with Gasteiger partial charge in [-0.25, -0.2) is 10.1 Å². The number of nitro groups is 1. The van der Waals surface area contributed by atoms with Crippen LogP contribution in [0.5, 0.6) is 0 Å². The molecule has 1 aliphatic heterocycles. The Bertz CT molecular complexity index is 755. The summed E-state index contributed by atoms with van der Waals surface area (Å²) in [6.07, 6.45) is 5.84. The highest BCUT2D eigenvalue weighted by Crippen LogP contribution is 2.23. The highest BCUT2D eigenvalue weighted by atomic mass is 16.7. The molecule has 1 aromatic carbocycles. The van der Waals surface area contributed by atoms with E-state index in [0.29, 0.717) is 6.04 Å². The summed E-state index contributed by atoms with van der Waals surface area (Å²) in [6.45, 7) is 5.79. The molecule has 1 saturated heterocycles. The van der Waals surface area contributed by atoms with Gasteiger partial charge in [-0.3, -0.25) is 0 Å². The molecule has 1 atom stereocenters. The van der Waals surface area contributed by atoms with E-state index in [1.807, 2.05) is 23.6 Å². The van der Waals surface area contributed by atoms with Gasteiger partial charge in [0.05, 0.1) is 0 Å². The van der Waals surface area contributed by atoms with E-state index in [-0.39, 0.29) is 5.82 Å². The van der Waals surface area contributed by atoms with Crippen LogP contribution in [0.4, 0.5) is 5.69 Å². The number of hydrogen-bond acceptors (Lipinski definition) is 4. The van der Waals surface area contributed by atoms with Crippen molar-refractivity contribution in [3.63, 3.8) is 0 Å². The largest absolute Gasteiger partial charge is 0.347 e. The monoisotopic (exact) mass is 329 g/mol.